The zero-order valence-electron chi connectivity index (χ0n) is 71.2. The number of benzene rings is 4. The van der Waals surface area contributed by atoms with Crippen LogP contribution in [0.25, 0.3) is 11.2 Å². The number of amides is 3. The van der Waals surface area contributed by atoms with Gasteiger partial charge in [0.25, 0.3) is 20.2 Å². The van der Waals surface area contributed by atoms with Crippen molar-refractivity contribution in [3.63, 3.8) is 0 Å². The van der Waals surface area contributed by atoms with E-state index < -0.39 is 38.4 Å². The number of carbonyl (C=O) groups is 3. The van der Waals surface area contributed by atoms with E-state index >= 15 is 0 Å². The van der Waals surface area contributed by atoms with Gasteiger partial charge in [-0.2, -0.15) is 31.4 Å². The minimum Gasteiger partial charge on any atom is -0.471 e. The van der Waals surface area contributed by atoms with Crippen LogP contribution in [-0.2, 0) is 127 Å². The van der Waals surface area contributed by atoms with Crippen molar-refractivity contribution in [2.75, 3.05) is 208 Å². The second-order valence-electron chi connectivity index (χ2n) is 29.9. The van der Waals surface area contributed by atoms with Gasteiger partial charge >= 0.3 is 0 Å². The fourth-order valence-corrected chi connectivity index (χ4v) is 16.0. The quantitative estimate of drug-likeness (QED) is 0.00432. The SMILES string of the molecule is CC1(C)C(/C=C/C=C/C=C2/N(CCC(=O)NCCCCCP(=O)(O)CCCNCc3ccc(Cl)cc3)c3ccc(S(=O)(=O)O)cc3C2(C)C)=[N+](CCC(=O)NCOCCOCCOCCOCCOCCOCCOCCOCCOCCOCCOCCOCCC(=O)NCc2ccc(COc3nc(N)nc4nc[nH]c34)cc2)c2ccc(S(=O)(=O)O)cc21. The zero-order chi connectivity index (χ0) is 88.9. The number of aromatic nitrogens is 4. The van der Waals surface area contributed by atoms with E-state index in [1.54, 1.807) is 30.4 Å². The highest BCUT2D eigenvalue weighted by molar-refractivity contribution is 7.86. The molecule has 0 spiro atoms. The Hall–Kier alpha value is -8.09. The number of halogens is 1. The Morgan fingerprint density at radius 1 is 0.548 bits per heavy atom. The van der Waals surface area contributed by atoms with Crippen LogP contribution >= 0.6 is 19.0 Å². The normalized spacial score (nSPS) is 14.6. The van der Waals surface area contributed by atoms with Crippen molar-refractivity contribution >= 4 is 91.1 Å². The Bertz CT molecular complexity index is 4700. The fraction of sp³-hybridized carbons (Fsp3) is 0.541. The lowest BCUT2D eigenvalue weighted by Crippen LogP contribution is -2.32. The van der Waals surface area contributed by atoms with Crippen molar-refractivity contribution in [2.45, 2.75) is 113 Å². The zero-order valence-corrected chi connectivity index (χ0v) is 74.5. The molecule has 10 N–H and O–H groups in total. The third kappa shape index (κ3) is 36.3. The van der Waals surface area contributed by atoms with Crippen LogP contribution in [0.1, 0.15) is 100 Å². The minimum atomic E-state index is -4.55. The molecule has 1 unspecified atom stereocenters. The summed E-state index contributed by atoms with van der Waals surface area (Å²) in [5.41, 5.74) is 12.1. The molecule has 8 rings (SSSR count). The summed E-state index contributed by atoms with van der Waals surface area (Å²) in [5.74, 6) is -0.221. The van der Waals surface area contributed by atoms with Gasteiger partial charge in [0.2, 0.25) is 42.6 Å². The maximum Gasteiger partial charge on any atom is 0.294 e. The van der Waals surface area contributed by atoms with E-state index in [0.29, 0.717) is 229 Å². The predicted octanol–water partition coefficient (Wildman–Crippen LogP) is 8.33. The first kappa shape index (κ1) is 101. The first-order chi connectivity index (χ1) is 59.7. The van der Waals surface area contributed by atoms with Gasteiger partial charge in [-0.05, 0) is 110 Å². The van der Waals surface area contributed by atoms with E-state index in [2.05, 4.69) is 41.2 Å². The standard InChI is InChI=1S/C85H121ClN11O24PS2/c1-84(2)71-58-69(123(103,104)105)22-24-73(71)96(31-26-77(98)89-30-9-6-10-56-122(101,102)57-11-29-88-60-65-18-20-68(86)21-19-65)75(84)12-7-5-8-13-76-85(3,4)72-59-70(124(106,107)108)23-25-74(72)97(76)32-27-78(99)93-64-120-55-54-119-53-52-118-51-50-117-49-48-116-47-46-115-45-44-114-43-42-113-41-40-112-39-38-111-37-36-110-35-34-109-33-28-79(100)90-61-66-14-16-67(17-15-66)62-121-82-80-81(92-63-91-80)94-83(87)95-82/h5,7-8,12-25,58-59,63,88H,6,9-11,26-57,60-62,64H2,1-4H3,(H8-,87,89,90,91,92,93,94,95,98,99,100,101,102,103,104,105,106,107,108)/p+1. The molecule has 684 valence electrons. The lowest BCUT2D eigenvalue weighted by atomic mass is 9.81. The molecule has 2 aromatic heterocycles. The van der Waals surface area contributed by atoms with E-state index in [0.717, 1.165) is 28.1 Å². The number of unbranched alkanes of at least 4 members (excludes halogenated alkanes) is 2. The number of aromatic amines is 1. The number of nitrogens with zero attached hydrogens (tertiary/aromatic N) is 5. The van der Waals surface area contributed by atoms with Gasteiger partial charge in [-0.15, -0.1) is 0 Å². The summed E-state index contributed by atoms with van der Waals surface area (Å²) in [4.78, 5) is 66.1. The lowest BCUT2D eigenvalue weighted by Gasteiger charge is -2.27. The summed E-state index contributed by atoms with van der Waals surface area (Å²) >= 11 is 5.97. The van der Waals surface area contributed by atoms with Gasteiger partial charge in [0, 0.05) is 90.9 Å². The Morgan fingerprint density at radius 2 is 1.05 bits per heavy atom. The van der Waals surface area contributed by atoms with Crippen LogP contribution < -0.4 is 36.6 Å². The number of hydrogen-bond acceptors (Lipinski definition) is 27. The molecule has 0 bridgehead atoms. The lowest BCUT2D eigenvalue weighted by molar-refractivity contribution is -0.436. The van der Waals surface area contributed by atoms with Crippen molar-refractivity contribution in [3.8, 4) is 5.88 Å². The fourth-order valence-electron chi connectivity index (χ4n) is 13.3. The van der Waals surface area contributed by atoms with Gasteiger partial charge in [0.15, 0.2) is 17.9 Å². The monoisotopic (exact) mass is 1810 g/mol. The first-order valence-electron chi connectivity index (χ1n) is 41.6. The number of hydrogen-bond donors (Lipinski definition) is 9. The molecule has 2 aliphatic rings. The summed E-state index contributed by atoms with van der Waals surface area (Å²) in [6.45, 7) is 19.2. The molecule has 0 fully saturated rings. The number of fused-ring (bicyclic) bond motifs is 3. The maximum absolute atomic E-state index is 13.3. The highest BCUT2D eigenvalue weighted by Crippen LogP contribution is 2.49. The summed E-state index contributed by atoms with van der Waals surface area (Å²) in [6, 6.07) is 23.9. The highest BCUT2D eigenvalue weighted by Gasteiger charge is 2.45. The van der Waals surface area contributed by atoms with E-state index in [1.165, 1.54) is 30.6 Å². The van der Waals surface area contributed by atoms with Crippen molar-refractivity contribution in [2.24, 2.45) is 0 Å². The molecule has 0 aliphatic carbocycles. The molecule has 4 heterocycles. The predicted molar refractivity (Wildman–Crippen MR) is 467 cm³/mol. The van der Waals surface area contributed by atoms with Crippen molar-refractivity contribution in [1.29, 1.82) is 0 Å². The Morgan fingerprint density at radius 3 is 1.62 bits per heavy atom. The number of nitrogens with one attached hydrogen (secondary N) is 5. The molecular weight excluding hydrogens is 1690 g/mol. The van der Waals surface area contributed by atoms with Gasteiger partial charge in [0.1, 0.15) is 18.9 Å². The van der Waals surface area contributed by atoms with Crippen LogP contribution in [0.4, 0.5) is 17.3 Å². The Kier molecular flexibility index (Phi) is 44.3. The molecular formula is C85H122ClN11O24PS2+. The number of imidazole rings is 1. The first-order valence-corrected chi connectivity index (χ1v) is 46.9. The average Bonchev–Trinajstić information content (AvgIpc) is 1.59. The third-order valence-corrected chi connectivity index (χ3v) is 23.9. The summed E-state index contributed by atoms with van der Waals surface area (Å²) < 4.78 is 157. The van der Waals surface area contributed by atoms with Crippen LogP contribution in [0.2, 0.25) is 5.02 Å². The van der Waals surface area contributed by atoms with Crippen molar-refractivity contribution in [3.05, 3.63) is 160 Å². The maximum atomic E-state index is 13.3. The molecule has 2 aliphatic heterocycles. The molecule has 4 aromatic carbocycles. The molecule has 0 saturated carbocycles. The third-order valence-electron chi connectivity index (χ3n) is 19.9. The number of nitrogens with two attached hydrogens (primary N) is 1. The van der Waals surface area contributed by atoms with Gasteiger partial charge < -0.3 is 103 Å². The van der Waals surface area contributed by atoms with E-state index in [9.17, 15) is 49.8 Å². The Balaban J connectivity index is 0.591. The van der Waals surface area contributed by atoms with Crippen LogP contribution in [0.5, 0.6) is 5.88 Å². The largest absolute Gasteiger partial charge is 0.471 e. The van der Waals surface area contributed by atoms with Gasteiger partial charge in [-0.3, -0.25) is 28.1 Å². The van der Waals surface area contributed by atoms with Gasteiger partial charge in [-0.1, -0.05) is 86.5 Å². The molecule has 6 aromatic rings. The van der Waals surface area contributed by atoms with E-state index in [4.69, 9.17) is 78.9 Å². The number of H-pyrrole nitrogens is 1. The van der Waals surface area contributed by atoms with Crippen LogP contribution in [-0.4, -0.2) is 276 Å². The van der Waals surface area contributed by atoms with E-state index in [1.807, 2.05) is 97.9 Å². The summed E-state index contributed by atoms with van der Waals surface area (Å²) in [6.07, 6.45) is 13.8. The van der Waals surface area contributed by atoms with Crippen LogP contribution in [0, 0.1) is 0 Å². The second kappa shape index (κ2) is 54.2. The number of anilines is 2. The summed E-state index contributed by atoms with van der Waals surface area (Å²) in [7, 11) is -12.4. The number of allylic oxidation sites excluding steroid dienone is 6. The van der Waals surface area contributed by atoms with Crippen molar-refractivity contribution < 1.29 is 116 Å². The number of ether oxygens (including phenoxy) is 13. The van der Waals surface area contributed by atoms with Crippen LogP contribution in [0.3, 0.4) is 0 Å². The van der Waals surface area contributed by atoms with Gasteiger partial charge in [0.05, 0.1) is 180 Å². The van der Waals surface area contributed by atoms with Crippen molar-refractivity contribution in [1.82, 2.24) is 41.2 Å². The number of carbonyl (C=O) groups excluding carboxylic acids is 3. The molecule has 124 heavy (non-hydrogen) atoms. The van der Waals surface area contributed by atoms with Crippen LogP contribution in [0.15, 0.2) is 137 Å². The highest BCUT2D eigenvalue weighted by atomic mass is 35.5. The molecule has 1 atom stereocenters. The molecule has 35 nitrogen and oxygen atoms in total. The Labute approximate surface area is 731 Å². The molecule has 3 amide bonds. The topological polar surface area (TPSA) is 452 Å². The molecule has 0 saturated heterocycles. The van der Waals surface area contributed by atoms with Gasteiger partial charge in [-0.25, -0.2) is 4.98 Å². The minimum absolute atomic E-state index is 0.0344. The smallest absolute Gasteiger partial charge is 0.294 e. The van der Waals surface area contributed by atoms with E-state index in [-0.39, 0.29) is 111 Å². The average molecular weight is 1810 g/mol. The number of nitrogen functional groups attached to an aromatic ring is 1. The molecule has 0 radical (unpaired) electrons. The molecule has 39 heteroatoms. The summed E-state index contributed by atoms with van der Waals surface area (Å²) in [5, 5.41) is 12.6. The second-order valence-corrected chi connectivity index (χ2v) is 35.8. The number of rotatable bonds is 66.